The van der Waals surface area contributed by atoms with Gasteiger partial charge in [-0.15, -0.1) is 5.92 Å². The number of benzene rings is 1. The molecule has 0 fully saturated rings. The highest BCUT2D eigenvalue weighted by atomic mass is 16.1. The Bertz CT molecular complexity index is 453. The molecule has 2 heteroatoms. The summed E-state index contributed by atoms with van der Waals surface area (Å²) in [4.78, 5) is 11.7. The van der Waals surface area contributed by atoms with Crippen LogP contribution in [0.1, 0.15) is 36.8 Å². The summed E-state index contributed by atoms with van der Waals surface area (Å²) in [6.07, 6.45) is 1.88. The van der Waals surface area contributed by atoms with Gasteiger partial charge in [0.15, 0.2) is 0 Å². The van der Waals surface area contributed by atoms with Crippen molar-refractivity contribution in [3.63, 3.8) is 0 Å². The summed E-state index contributed by atoms with van der Waals surface area (Å²) in [6.45, 7) is 2.71. The van der Waals surface area contributed by atoms with Crippen LogP contribution in [0.5, 0.6) is 0 Å². The largest absolute Gasteiger partial charge is 0.351 e. The molecule has 0 radical (unpaired) electrons. The molecule has 0 saturated carbocycles. The first-order valence-corrected chi connectivity index (χ1v) is 5.67. The molecule has 0 aromatic heterocycles. The Hall–Kier alpha value is -1.75. The third-order valence-corrected chi connectivity index (χ3v) is 2.70. The molecule has 1 unspecified atom stereocenters. The van der Waals surface area contributed by atoms with Crippen LogP contribution in [0.15, 0.2) is 24.3 Å². The fraction of sp³-hybridized carbons (Fsp3) is 0.357. The van der Waals surface area contributed by atoms with Crippen LogP contribution in [-0.4, -0.2) is 5.91 Å². The van der Waals surface area contributed by atoms with Gasteiger partial charge in [-0.3, -0.25) is 4.79 Å². The summed E-state index contributed by atoms with van der Waals surface area (Å²) >= 11 is 0. The van der Waals surface area contributed by atoms with Gasteiger partial charge in [0.25, 0.3) is 0 Å². The van der Waals surface area contributed by atoms with Crippen LogP contribution in [0.25, 0.3) is 0 Å². The maximum absolute atomic E-state index is 11.7. The first-order chi connectivity index (χ1) is 7.83. The van der Waals surface area contributed by atoms with E-state index in [9.17, 15) is 4.79 Å². The Labute approximate surface area is 96.1 Å². The van der Waals surface area contributed by atoms with E-state index in [0.29, 0.717) is 6.54 Å². The van der Waals surface area contributed by atoms with Crippen LogP contribution < -0.4 is 5.32 Å². The molecule has 1 aliphatic rings. The lowest BCUT2D eigenvalue weighted by atomic mass is 9.90. The molecule has 1 amide bonds. The Morgan fingerprint density at radius 1 is 1.44 bits per heavy atom. The highest BCUT2D eigenvalue weighted by molar-refractivity contribution is 5.88. The van der Waals surface area contributed by atoms with E-state index in [2.05, 4.69) is 24.1 Å². The number of carbonyl (C=O) groups excluding carboxylic acids is 1. The lowest BCUT2D eigenvalue weighted by Gasteiger charge is -2.21. The van der Waals surface area contributed by atoms with Crippen molar-refractivity contribution in [2.45, 2.75) is 32.2 Å². The van der Waals surface area contributed by atoms with Gasteiger partial charge in [0.1, 0.15) is 5.92 Å². The van der Waals surface area contributed by atoms with E-state index in [1.807, 2.05) is 24.3 Å². The van der Waals surface area contributed by atoms with Crippen LogP contribution in [0.2, 0.25) is 0 Å². The predicted octanol–water partition coefficient (Wildman–Crippen LogP) is 2.20. The number of rotatable bonds is 1. The van der Waals surface area contributed by atoms with Crippen LogP contribution >= 0.6 is 0 Å². The molecule has 82 valence electrons. The minimum absolute atomic E-state index is 0.0299. The summed E-state index contributed by atoms with van der Waals surface area (Å²) in [5, 5.41) is 2.87. The molecule has 1 aromatic carbocycles. The van der Waals surface area contributed by atoms with Crippen LogP contribution in [0, 0.1) is 11.8 Å². The normalized spacial score (nSPS) is 18.1. The van der Waals surface area contributed by atoms with Crippen molar-refractivity contribution in [1.29, 1.82) is 0 Å². The number of unbranched alkanes of at least 4 members (excludes halogenated alkanes) is 1. The predicted molar refractivity (Wildman–Crippen MR) is 63.7 cm³/mol. The van der Waals surface area contributed by atoms with Crippen molar-refractivity contribution in [3.8, 4) is 11.8 Å². The molecule has 2 rings (SSSR count). The van der Waals surface area contributed by atoms with E-state index in [0.717, 1.165) is 18.4 Å². The lowest BCUT2D eigenvalue weighted by molar-refractivity contribution is -0.122. The first-order valence-electron chi connectivity index (χ1n) is 5.67. The SMILES string of the molecule is CCCC#CC1C(=O)NCc2ccccc21. The van der Waals surface area contributed by atoms with E-state index in [1.54, 1.807) is 0 Å². The Morgan fingerprint density at radius 3 is 3.06 bits per heavy atom. The van der Waals surface area contributed by atoms with Gasteiger partial charge in [-0.1, -0.05) is 37.1 Å². The number of fused-ring (bicyclic) bond motifs is 1. The third kappa shape index (κ3) is 2.09. The molecule has 2 nitrogen and oxygen atoms in total. The fourth-order valence-electron chi connectivity index (χ4n) is 1.84. The number of hydrogen-bond donors (Lipinski definition) is 1. The average Bonchev–Trinajstić information content (AvgIpc) is 2.32. The van der Waals surface area contributed by atoms with Gasteiger partial charge < -0.3 is 5.32 Å². The fourth-order valence-corrected chi connectivity index (χ4v) is 1.84. The number of hydrogen-bond acceptors (Lipinski definition) is 1. The quantitative estimate of drug-likeness (QED) is 0.712. The van der Waals surface area contributed by atoms with Crippen LogP contribution in [0.4, 0.5) is 0 Å². The van der Waals surface area contributed by atoms with Gasteiger partial charge in [-0.05, 0) is 17.5 Å². The third-order valence-electron chi connectivity index (χ3n) is 2.70. The smallest absolute Gasteiger partial charge is 0.239 e. The summed E-state index contributed by atoms with van der Waals surface area (Å²) < 4.78 is 0. The Balaban J connectivity index is 2.31. The second-order valence-corrected chi connectivity index (χ2v) is 3.92. The summed E-state index contributed by atoms with van der Waals surface area (Å²) in [7, 11) is 0. The second kappa shape index (κ2) is 4.85. The van der Waals surface area contributed by atoms with E-state index >= 15 is 0 Å². The van der Waals surface area contributed by atoms with Crippen molar-refractivity contribution in [1.82, 2.24) is 5.32 Å². The molecule has 0 spiro atoms. The van der Waals surface area contributed by atoms with E-state index in [1.165, 1.54) is 5.56 Å². The maximum atomic E-state index is 11.7. The van der Waals surface area contributed by atoms with Gasteiger partial charge in [0.2, 0.25) is 5.91 Å². The van der Waals surface area contributed by atoms with Crippen molar-refractivity contribution < 1.29 is 4.79 Å². The first kappa shape index (κ1) is 10.8. The number of nitrogens with one attached hydrogen (secondary N) is 1. The zero-order valence-corrected chi connectivity index (χ0v) is 9.42. The van der Waals surface area contributed by atoms with Crippen LogP contribution in [-0.2, 0) is 11.3 Å². The molecule has 16 heavy (non-hydrogen) atoms. The standard InChI is InChI=1S/C14H15NO/c1-2-3-4-9-13-12-8-6-5-7-11(12)10-15-14(13)16/h5-8,13H,2-3,10H2,1H3,(H,15,16). The maximum Gasteiger partial charge on any atom is 0.239 e. The average molecular weight is 213 g/mol. The zero-order chi connectivity index (χ0) is 11.4. The molecule has 1 heterocycles. The van der Waals surface area contributed by atoms with E-state index < -0.39 is 0 Å². The topological polar surface area (TPSA) is 29.1 Å². The minimum Gasteiger partial charge on any atom is -0.351 e. The van der Waals surface area contributed by atoms with Crippen molar-refractivity contribution in [2.75, 3.05) is 0 Å². The molecule has 1 N–H and O–H groups in total. The monoisotopic (exact) mass is 213 g/mol. The van der Waals surface area contributed by atoms with Crippen LogP contribution in [0.3, 0.4) is 0 Å². The van der Waals surface area contributed by atoms with Gasteiger partial charge >= 0.3 is 0 Å². The minimum atomic E-state index is -0.281. The zero-order valence-electron chi connectivity index (χ0n) is 9.42. The van der Waals surface area contributed by atoms with Gasteiger partial charge in [-0.2, -0.15) is 0 Å². The molecular weight excluding hydrogens is 198 g/mol. The summed E-state index contributed by atoms with van der Waals surface area (Å²) in [6, 6.07) is 8.00. The van der Waals surface area contributed by atoms with Crippen molar-refractivity contribution in [3.05, 3.63) is 35.4 Å². The molecule has 1 aliphatic heterocycles. The highest BCUT2D eigenvalue weighted by Crippen LogP contribution is 2.23. The molecule has 0 aliphatic carbocycles. The highest BCUT2D eigenvalue weighted by Gasteiger charge is 2.24. The molecule has 0 saturated heterocycles. The summed E-state index contributed by atoms with van der Waals surface area (Å²) in [5.41, 5.74) is 2.24. The van der Waals surface area contributed by atoms with Crippen molar-refractivity contribution in [2.24, 2.45) is 0 Å². The van der Waals surface area contributed by atoms with Gasteiger partial charge in [0.05, 0.1) is 0 Å². The Morgan fingerprint density at radius 2 is 2.25 bits per heavy atom. The van der Waals surface area contributed by atoms with Gasteiger partial charge in [0, 0.05) is 13.0 Å². The van der Waals surface area contributed by atoms with E-state index in [-0.39, 0.29) is 11.8 Å². The number of amides is 1. The molecule has 0 bridgehead atoms. The lowest BCUT2D eigenvalue weighted by Crippen LogP contribution is -2.33. The van der Waals surface area contributed by atoms with E-state index in [4.69, 9.17) is 0 Å². The molecule has 1 aromatic rings. The number of carbonyl (C=O) groups is 1. The second-order valence-electron chi connectivity index (χ2n) is 3.92. The molecular formula is C14H15NO. The summed E-state index contributed by atoms with van der Waals surface area (Å²) in [5.74, 6) is 5.88. The Kier molecular flexibility index (Phi) is 3.26. The molecule has 1 atom stereocenters. The van der Waals surface area contributed by atoms with Gasteiger partial charge in [-0.25, -0.2) is 0 Å². The van der Waals surface area contributed by atoms with Crippen molar-refractivity contribution >= 4 is 5.91 Å².